The Morgan fingerprint density at radius 1 is 1.24 bits per heavy atom. The summed E-state index contributed by atoms with van der Waals surface area (Å²) in [7, 11) is 0. The number of nitrogens with one attached hydrogen (secondary N) is 1. The molecule has 0 saturated heterocycles. The van der Waals surface area contributed by atoms with Gasteiger partial charge in [-0.25, -0.2) is 4.98 Å². The first kappa shape index (κ1) is 17.6. The van der Waals surface area contributed by atoms with Crippen molar-refractivity contribution in [3.8, 4) is 0 Å². The zero-order valence-electron chi connectivity index (χ0n) is 11.7. The lowest BCUT2D eigenvalue weighted by molar-refractivity contribution is 0.0949. The second-order valence-corrected chi connectivity index (χ2v) is 5.45. The van der Waals surface area contributed by atoms with Crippen LogP contribution in [0.5, 0.6) is 0 Å². The lowest BCUT2D eigenvalue weighted by Crippen LogP contribution is -2.25. The molecule has 4 nitrogen and oxygen atoms in total. The Hall–Kier alpha value is -1.43. The summed E-state index contributed by atoms with van der Waals surface area (Å²) in [6, 6.07) is 10.3. The molecule has 2 aromatic rings. The molecule has 0 fully saturated rings. The van der Waals surface area contributed by atoms with E-state index in [0.29, 0.717) is 18.8 Å². The number of amides is 1. The number of nitrogens with zero attached hydrogens (tertiary/aromatic N) is 1. The number of aromatic nitrogens is 1. The minimum Gasteiger partial charge on any atom is -0.351 e. The highest BCUT2D eigenvalue weighted by Crippen LogP contribution is 2.10. The number of halogens is 1. The predicted molar refractivity (Wildman–Crippen MR) is 89.2 cm³/mol. The molecule has 21 heavy (non-hydrogen) atoms. The predicted octanol–water partition coefficient (Wildman–Crippen LogP) is 2.43. The van der Waals surface area contributed by atoms with E-state index < -0.39 is 0 Å². The summed E-state index contributed by atoms with van der Waals surface area (Å²) < 4.78 is 0. The highest BCUT2D eigenvalue weighted by molar-refractivity contribution is 7.09. The Morgan fingerprint density at radius 2 is 2.00 bits per heavy atom. The van der Waals surface area contributed by atoms with Crippen LogP contribution in [0.4, 0.5) is 0 Å². The summed E-state index contributed by atoms with van der Waals surface area (Å²) in [5.41, 5.74) is 7.26. The highest BCUT2D eigenvalue weighted by atomic mass is 35.5. The van der Waals surface area contributed by atoms with Gasteiger partial charge in [-0.15, -0.1) is 23.7 Å². The summed E-state index contributed by atoms with van der Waals surface area (Å²) in [4.78, 5) is 16.1. The number of hydrogen-bond acceptors (Lipinski definition) is 4. The van der Waals surface area contributed by atoms with Crippen LogP contribution in [0, 0.1) is 0 Å². The minimum absolute atomic E-state index is 0. The summed E-state index contributed by atoms with van der Waals surface area (Å²) in [6.45, 7) is 1.23. The van der Waals surface area contributed by atoms with E-state index in [4.69, 9.17) is 5.73 Å². The van der Waals surface area contributed by atoms with Crippen molar-refractivity contribution in [2.75, 3.05) is 13.1 Å². The SMILES string of the molecule is Cl.NCCc1nc(C(=O)NCCCc2ccccc2)cs1. The van der Waals surface area contributed by atoms with Crippen LogP contribution in [0.25, 0.3) is 0 Å². The number of nitrogens with two attached hydrogens (primary N) is 1. The van der Waals surface area contributed by atoms with Gasteiger partial charge in [-0.05, 0) is 24.9 Å². The van der Waals surface area contributed by atoms with E-state index in [1.165, 1.54) is 16.9 Å². The number of rotatable bonds is 7. The van der Waals surface area contributed by atoms with Crippen LogP contribution < -0.4 is 11.1 Å². The lowest BCUT2D eigenvalue weighted by Gasteiger charge is -2.03. The third kappa shape index (κ3) is 5.83. The first-order valence-electron chi connectivity index (χ1n) is 6.76. The molecule has 114 valence electrons. The van der Waals surface area contributed by atoms with Crippen molar-refractivity contribution in [2.45, 2.75) is 19.3 Å². The van der Waals surface area contributed by atoms with Gasteiger partial charge in [0.2, 0.25) is 0 Å². The van der Waals surface area contributed by atoms with Crippen LogP contribution in [0.2, 0.25) is 0 Å². The van der Waals surface area contributed by atoms with Gasteiger partial charge in [0.1, 0.15) is 5.69 Å². The first-order valence-corrected chi connectivity index (χ1v) is 7.64. The van der Waals surface area contributed by atoms with Crippen molar-refractivity contribution in [2.24, 2.45) is 5.73 Å². The Morgan fingerprint density at radius 3 is 2.71 bits per heavy atom. The molecule has 6 heteroatoms. The molecule has 0 aliphatic rings. The van der Waals surface area contributed by atoms with Gasteiger partial charge < -0.3 is 11.1 Å². The number of carbonyl (C=O) groups is 1. The maximum atomic E-state index is 11.9. The van der Waals surface area contributed by atoms with E-state index in [1.807, 2.05) is 18.2 Å². The molecule has 0 saturated carbocycles. The van der Waals surface area contributed by atoms with Gasteiger partial charge in [0.15, 0.2) is 0 Å². The molecule has 0 aliphatic carbocycles. The van der Waals surface area contributed by atoms with Crippen LogP contribution in [0.15, 0.2) is 35.7 Å². The molecule has 0 radical (unpaired) electrons. The van der Waals surface area contributed by atoms with Crippen LogP contribution in [0.3, 0.4) is 0 Å². The van der Waals surface area contributed by atoms with Crippen molar-refractivity contribution < 1.29 is 4.79 Å². The third-order valence-corrected chi connectivity index (χ3v) is 3.82. The zero-order valence-corrected chi connectivity index (χ0v) is 13.4. The number of benzene rings is 1. The number of hydrogen-bond donors (Lipinski definition) is 2. The molecule has 1 heterocycles. The van der Waals surface area contributed by atoms with Gasteiger partial charge in [-0.3, -0.25) is 4.79 Å². The molecule has 0 unspecified atom stereocenters. The van der Waals surface area contributed by atoms with Gasteiger partial charge in [0, 0.05) is 18.3 Å². The van der Waals surface area contributed by atoms with Crippen LogP contribution in [-0.2, 0) is 12.8 Å². The van der Waals surface area contributed by atoms with E-state index in [-0.39, 0.29) is 18.3 Å². The smallest absolute Gasteiger partial charge is 0.270 e. The van der Waals surface area contributed by atoms with Crippen molar-refractivity contribution in [1.82, 2.24) is 10.3 Å². The van der Waals surface area contributed by atoms with Crippen molar-refractivity contribution >= 4 is 29.7 Å². The lowest BCUT2D eigenvalue weighted by atomic mass is 10.1. The fourth-order valence-electron chi connectivity index (χ4n) is 1.88. The van der Waals surface area contributed by atoms with E-state index in [1.54, 1.807) is 5.38 Å². The topological polar surface area (TPSA) is 68.0 Å². The molecule has 0 aliphatic heterocycles. The third-order valence-electron chi connectivity index (χ3n) is 2.91. The highest BCUT2D eigenvalue weighted by Gasteiger charge is 2.09. The molecule has 3 N–H and O–H groups in total. The quantitative estimate of drug-likeness (QED) is 0.768. The van der Waals surface area contributed by atoms with Gasteiger partial charge in [-0.1, -0.05) is 30.3 Å². The number of thiazole rings is 1. The summed E-state index contributed by atoms with van der Waals surface area (Å²) in [5.74, 6) is -0.0995. The van der Waals surface area contributed by atoms with Crippen LogP contribution >= 0.6 is 23.7 Å². The van der Waals surface area contributed by atoms with Crippen molar-refractivity contribution in [3.63, 3.8) is 0 Å². The van der Waals surface area contributed by atoms with Crippen LogP contribution in [0.1, 0.15) is 27.5 Å². The number of carbonyl (C=O) groups excluding carboxylic acids is 1. The molecule has 1 aromatic heterocycles. The maximum absolute atomic E-state index is 11.9. The van der Waals surface area contributed by atoms with Crippen molar-refractivity contribution in [3.05, 3.63) is 52.0 Å². The van der Waals surface area contributed by atoms with E-state index in [2.05, 4.69) is 22.4 Å². The maximum Gasteiger partial charge on any atom is 0.270 e. The average Bonchev–Trinajstić information content (AvgIpc) is 2.94. The average molecular weight is 326 g/mol. The summed E-state index contributed by atoms with van der Waals surface area (Å²) in [5, 5.41) is 5.61. The Kier molecular flexibility index (Phi) is 7.97. The molecular formula is C15H20ClN3OS. The minimum atomic E-state index is -0.0995. The van der Waals surface area contributed by atoms with Gasteiger partial charge in [-0.2, -0.15) is 0 Å². The Bertz CT molecular complexity index is 545. The molecule has 0 bridgehead atoms. The Balaban J connectivity index is 0.00000220. The molecular weight excluding hydrogens is 306 g/mol. The van der Waals surface area contributed by atoms with Crippen molar-refractivity contribution in [1.29, 1.82) is 0 Å². The van der Waals surface area contributed by atoms with Gasteiger partial charge >= 0.3 is 0 Å². The molecule has 1 aromatic carbocycles. The fourth-order valence-corrected chi connectivity index (χ4v) is 2.68. The standard InChI is InChI=1S/C15H19N3OS.ClH/c16-9-8-14-18-13(11-20-14)15(19)17-10-4-7-12-5-2-1-3-6-12;/h1-3,5-6,11H,4,7-10,16H2,(H,17,19);1H. The molecule has 0 atom stereocenters. The molecule has 2 rings (SSSR count). The zero-order chi connectivity index (χ0) is 14.2. The largest absolute Gasteiger partial charge is 0.351 e. The normalized spacial score (nSPS) is 9.95. The van der Waals surface area contributed by atoms with Gasteiger partial charge in [0.05, 0.1) is 5.01 Å². The summed E-state index contributed by atoms with van der Waals surface area (Å²) in [6.07, 6.45) is 2.62. The second kappa shape index (κ2) is 9.50. The first-order chi connectivity index (χ1) is 9.79. The summed E-state index contributed by atoms with van der Waals surface area (Å²) >= 11 is 1.49. The monoisotopic (exact) mass is 325 g/mol. The van der Waals surface area contributed by atoms with Gasteiger partial charge in [0.25, 0.3) is 5.91 Å². The molecule has 0 spiro atoms. The van der Waals surface area contributed by atoms with E-state index in [0.717, 1.165) is 24.3 Å². The van der Waals surface area contributed by atoms with Crippen LogP contribution in [-0.4, -0.2) is 24.0 Å². The Labute approximate surface area is 135 Å². The van der Waals surface area contributed by atoms with E-state index in [9.17, 15) is 4.79 Å². The molecule has 1 amide bonds. The second-order valence-electron chi connectivity index (χ2n) is 4.51. The fraction of sp³-hybridized carbons (Fsp3) is 0.333. The van der Waals surface area contributed by atoms with E-state index >= 15 is 0 Å². The number of aryl methyl sites for hydroxylation is 1.